The van der Waals surface area contributed by atoms with Gasteiger partial charge in [0.2, 0.25) is 5.91 Å². The molecule has 36 heavy (non-hydrogen) atoms. The number of benzene rings is 3. The summed E-state index contributed by atoms with van der Waals surface area (Å²) in [6.07, 6.45) is 0.829. The summed E-state index contributed by atoms with van der Waals surface area (Å²) in [5, 5.41) is 5.69. The highest BCUT2D eigenvalue weighted by Crippen LogP contribution is 2.36. The zero-order chi connectivity index (χ0) is 26.1. The van der Waals surface area contributed by atoms with E-state index in [9.17, 15) is 9.59 Å². The van der Waals surface area contributed by atoms with Crippen molar-refractivity contribution in [2.45, 2.75) is 39.0 Å². The average Bonchev–Trinajstić information content (AvgIpc) is 2.87. The second kappa shape index (κ2) is 12.1. The van der Waals surface area contributed by atoms with Crippen molar-refractivity contribution in [3.63, 3.8) is 0 Å². The summed E-state index contributed by atoms with van der Waals surface area (Å²) in [6.45, 7) is 6.92. The Bertz CT molecular complexity index is 1170. The van der Waals surface area contributed by atoms with Gasteiger partial charge in [0.25, 0.3) is 5.91 Å². The molecule has 7 nitrogen and oxygen atoms in total. The largest absolute Gasteiger partial charge is 0.494 e. The molecule has 190 valence electrons. The lowest BCUT2D eigenvalue weighted by Gasteiger charge is -2.19. The van der Waals surface area contributed by atoms with E-state index in [-0.39, 0.29) is 23.7 Å². The van der Waals surface area contributed by atoms with E-state index in [4.69, 9.17) is 14.2 Å². The molecule has 0 saturated heterocycles. The number of ether oxygens (including phenoxy) is 3. The van der Waals surface area contributed by atoms with Gasteiger partial charge in [0, 0.05) is 24.1 Å². The van der Waals surface area contributed by atoms with E-state index in [1.807, 2.05) is 18.2 Å². The van der Waals surface area contributed by atoms with E-state index in [0.717, 1.165) is 5.75 Å². The topological polar surface area (TPSA) is 85.9 Å². The van der Waals surface area contributed by atoms with Crippen LogP contribution in [-0.4, -0.2) is 32.6 Å². The first-order chi connectivity index (χ1) is 17.2. The fourth-order valence-corrected chi connectivity index (χ4v) is 3.56. The van der Waals surface area contributed by atoms with Gasteiger partial charge in [-0.25, -0.2) is 0 Å². The Morgan fingerprint density at radius 1 is 0.806 bits per heavy atom. The summed E-state index contributed by atoms with van der Waals surface area (Å²) in [4.78, 5) is 25.1. The number of nitrogens with one attached hydrogen (secondary N) is 2. The molecule has 3 aromatic rings. The summed E-state index contributed by atoms with van der Waals surface area (Å²) >= 11 is 0. The highest BCUT2D eigenvalue weighted by molar-refractivity contribution is 6.05. The lowest BCUT2D eigenvalue weighted by atomic mass is 9.87. The van der Waals surface area contributed by atoms with Crippen LogP contribution in [0.25, 0.3) is 0 Å². The maximum Gasteiger partial charge on any atom is 0.255 e. The predicted octanol–water partition coefficient (Wildman–Crippen LogP) is 6.05. The molecule has 2 amide bonds. The molecule has 0 fully saturated rings. The van der Waals surface area contributed by atoms with E-state index in [0.29, 0.717) is 41.5 Å². The molecule has 0 unspecified atom stereocenters. The van der Waals surface area contributed by atoms with Gasteiger partial charge in [0.15, 0.2) is 0 Å². The number of anilines is 2. The minimum atomic E-state index is -0.277. The third-order valence-electron chi connectivity index (χ3n) is 5.62. The zero-order valence-corrected chi connectivity index (χ0v) is 21.5. The van der Waals surface area contributed by atoms with Gasteiger partial charge in [-0.2, -0.15) is 0 Å². The van der Waals surface area contributed by atoms with E-state index >= 15 is 0 Å². The second-order valence-corrected chi connectivity index (χ2v) is 9.35. The maximum absolute atomic E-state index is 12.6. The summed E-state index contributed by atoms with van der Waals surface area (Å²) in [5.41, 5.74) is 2.74. The lowest BCUT2D eigenvalue weighted by molar-refractivity contribution is -0.116. The van der Waals surface area contributed by atoms with Gasteiger partial charge in [-0.3, -0.25) is 9.59 Å². The maximum atomic E-state index is 12.6. The molecular weight excluding hydrogens is 456 g/mol. The van der Waals surface area contributed by atoms with Crippen LogP contribution in [0, 0.1) is 0 Å². The number of rotatable bonds is 10. The number of amides is 2. The van der Waals surface area contributed by atoms with E-state index in [1.54, 1.807) is 36.4 Å². The van der Waals surface area contributed by atoms with Crippen molar-refractivity contribution in [3.05, 3.63) is 77.9 Å². The number of hydrogen-bond donors (Lipinski definition) is 2. The molecule has 0 saturated carbocycles. The minimum absolute atomic E-state index is 0.0893. The van der Waals surface area contributed by atoms with Gasteiger partial charge < -0.3 is 24.8 Å². The smallest absolute Gasteiger partial charge is 0.255 e. The molecular formula is C29H34N2O5. The number of hydrogen-bond acceptors (Lipinski definition) is 5. The molecule has 0 spiro atoms. The zero-order valence-electron chi connectivity index (χ0n) is 21.5. The Kier molecular flexibility index (Phi) is 8.95. The summed E-state index contributed by atoms with van der Waals surface area (Å²) in [5.74, 6) is 1.13. The molecule has 2 N–H and O–H groups in total. The normalized spacial score (nSPS) is 10.9. The van der Waals surface area contributed by atoms with Crippen molar-refractivity contribution in [3.8, 4) is 17.2 Å². The van der Waals surface area contributed by atoms with Gasteiger partial charge in [-0.15, -0.1) is 0 Å². The number of carbonyl (C=O) groups excluding carboxylic acids is 2. The predicted molar refractivity (Wildman–Crippen MR) is 142 cm³/mol. The van der Waals surface area contributed by atoms with E-state index < -0.39 is 0 Å². The third-order valence-corrected chi connectivity index (χ3v) is 5.62. The van der Waals surface area contributed by atoms with Gasteiger partial charge in [-0.1, -0.05) is 51.1 Å². The molecule has 0 aliphatic carbocycles. The second-order valence-electron chi connectivity index (χ2n) is 9.35. The molecule has 0 aliphatic heterocycles. The molecule has 0 radical (unpaired) electrons. The Labute approximate surface area is 212 Å². The first kappa shape index (κ1) is 26.6. The summed E-state index contributed by atoms with van der Waals surface area (Å²) in [6, 6.07) is 20.2. The van der Waals surface area contributed by atoms with Gasteiger partial charge in [0.1, 0.15) is 17.2 Å². The Hall–Kier alpha value is -4.00. The lowest BCUT2D eigenvalue weighted by Crippen LogP contribution is -2.15. The van der Waals surface area contributed by atoms with Crippen LogP contribution in [0.2, 0.25) is 0 Å². The fraction of sp³-hybridized carbons (Fsp3) is 0.310. The van der Waals surface area contributed by atoms with Crippen LogP contribution in [-0.2, 0) is 10.2 Å². The quantitative estimate of drug-likeness (QED) is 0.338. The van der Waals surface area contributed by atoms with Crippen LogP contribution in [0.15, 0.2) is 66.7 Å². The molecule has 0 heterocycles. The molecule has 0 bridgehead atoms. The van der Waals surface area contributed by atoms with Crippen molar-refractivity contribution in [2.24, 2.45) is 0 Å². The average molecular weight is 491 g/mol. The van der Waals surface area contributed by atoms with Gasteiger partial charge >= 0.3 is 0 Å². The first-order valence-electron chi connectivity index (χ1n) is 11.9. The molecule has 0 aromatic heterocycles. The van der Waals surface area contributed by atoms with Crippen molar-refractivity contribution in [2.75, 3.05) is 31.5 Å². The molecule has 0 aliphatic rings. The number of methoxy groups -OCH3 is 2. The van der Waals surface area contributed by atoms with Crippen molar-refractivity contribution in [1.29, 1.82) is 0 Å². The van der Waals surface area contributed by atoms with Crippen molar-refractivity contribution < 1.29 is 23.8 Å². The Balaban J connectivity index is 1.56. The van der Waals surface area contributed by atoms with Gasteiger partial charge in [0.05, 0.1) is 32.2 Å². The SMILES string of the molecule is COc1cc(NC(=O)c2ccccc2)c(OC)cc1NC(=O)CCCOc1ccc(C(C)(C)C)cc1. The fourth-order valence-electron chi connectivity index (χ4n) is 3.56. The summed E-state index contributed by atoms with van der Waals surface area (Å²) in [7, 11) is 3.00. The van der Waals surface area contributed by atoms with Crippen LogP contribution in [0.5, 0.6) is 17.2 Å². The van der Waals surface area contributed by atoms with Crippen LogP contribution < -0.4 is 24.8 Å². The summed E-state index contributed by atoms with van der Waals surface area (Å²) < 4.78 is 16.7. The Morgan fingerprint density at radius 2 is 1.39 bits per heavy atom. The van der Waals surface area contributed by atoms with E-state index in [1.165, 1.54) is 19.8 Å². The molecule has 3 rings (SSSR count). The third kappa shape index (κ3) is 7.25. The highest BCUT2D eigenvalue weighted by Gasteiger charge is 2.16. The van der Waals surface area contributed by atoms with Crippen LogP contribution >= 0.6 is 0 Å². The first-order valence-corrected chi connectivity index (χ1v) is 11.9. The monoisotopic (exact) mass is 490 g/mol. The van der Waals surface area contributed by atoms with Crippen LogP contribution in [0.3, 0.4) is 0 Å². The Morgan fingerprint density at radius 3 is 1.94 bits per heavy atom. The van der Waals surface area contributed by atoms with Gasteiger partial charge in [-0.05, 0) is 41.7 Å². The number of carbonyl (C=O) groups is 2. The molecule has 3 aromatic carbocycles. The van der Waals surface area contributed by atoms with Crippen LogP contribution in [0.4, 0.5) is 11.4 Å². The molecule has 0 atom stereocenters. The minimum Gasteiger partial charge on any atom is -0.494 e. The molecule has 7 heteroatoms. The standard InChI is InChI=1S/C29H34N2O5/c1-29(2,3)21-13-15-22(16-14-21)36-17-9-12-27(32)30-23-18-26(35-5)24(19-25(23)34-4)31-28(33)20-10-7-6-8-11-20/h6-8,10-11,13-16,18-19H,9,12,17H2,1-5H3,(H,30,32)(H,31,33). The van der Waals surface area contributed by atoms with Crippen molar-refractivity contribution >= 4 is 23.2 Å². The highest BCUT2D eigenvalue weighted by atomic mass is 16.5. The van der Waals surface area contributed by atoms with E-state index in [2.05, 4.69) is 43.5 Å². The van der Waals surface area contributed by atoms with Crippen molar-refractivity contribution in [1.82, 2.24) is 0 Å². The van der Waals surface area contributed by atoms with Crippen LogP contribution in [0.1, 0.15) is 49.5 Å².